The van der Waals surface area contributed by atoms with Gasteiger partial charge in [0.2, 0.25) is 0 Å². The van der Waals surface area contributed by atoms with Gasteiger partial charge < -0.3 is 24.8 Å². The van der Waals surface area contributed by atoms with Crippen molar-refractivity contribution in [1.82, 2.24) is 5.32 Å². The van der Waals surface area contributed by atoms with Gasteiger partial charge in [0, 0.05) is 16.0 Å². The average Bonchev–Trinajstić information content (AvgIpc) is 3.30. The molecule has 0 saturated carbocycles. The number of nitrogens with one attached hydrogen (secondary N) is 2. The van der Waals surface area contributed by atoms with Gasteiger partial charge in [0.15, 0.2) is 0 Å². The van der Waals surface area contributed by atoms with E-state index >= 15 is 0 Å². The summed E-state index contributed by atoms with van der Waals surface area (Å²) in [5, 5.41) is 3.60. The Balaban J connectivity index is 2.22. The molecule has 0 aliphatic rings. The van der Waals surface area contributed by atoms with E-state index < -0.39 is 29.7 Å². The number of alkyl halides is 3. The van der Waals surface area contributed by atoms with Gasteiger partial charge in [0.25, 0.3) is 5.91 Å². The molecule has 0 radical (unpaired) electrons. The summed E-state index contributed by atoms with van der Waals surface area (Å²) in [7, 11) is 2.15. The number of halogens is 3. The number of rotatable bonds is 10. The lowest BCUT2D eigenvalue weighted by molar-refractivity contribution is -0.203. The molecule has 0 unspecified atom stereocenters. The minimum absolute atomic E-state index is 0.0422. The maximum atomic E-state index is 14.8. The highest BCUT2D eigenvalue weighted by atomic mass is 32.1. The van der Waals surface area contributed by atoms with Crippen molar-refractivity contribution in [3.05, 3.63) is 70.6 Å². The molecule has 3 rings (SSSR count). The fourth-order valence-electron chi connectivity index (χ4n) is 3.82. The predicted octanol–water partition coefficient (Wildman–Crippen LogP) is 5.44. The van der Waals surface area contributed by atoms with Crippen molar-refractivity contribution >= 4 is 34.2 Å². The molecule has 0 saturated heterocycles. The molecule has 0 spiro atoms. The first-order valence-corrected chi connectivity index (χ1v) is 12.6. The van der Waals surface area contributed by atoms with E-state index in [2.05, 4.69) is 10.1 Å². The van der Waals surface area contributed by atoms with Crippen LogP contribution in [0, 0.1) is 0 Å². The van der Waals surface area contributed by atoms with E-state index in [-0.39, 0.29) is 22.7 Å². The maximum Gasteiger partial charge on any atom is 0.441 e. The number of ether oxygens (including phenoxy) is 3. The Hall–Kier alpha value is -4.06. The lowest BCUT2D eigenvalue weighted by atomic mass is 9.99. The van der Waals surface area contributed by atoms with Crippen molar-refractivity contribution in [3.63, 3.8) is 0 Å². The minimum Gasteiger partial charge on any atom is -0.497 e. The van der Waals surface area contributed by atoms with E-state index in [1.807, 2.05) is 0 Å². The smallest absolute Gasteiger partial charge is 0.441 e. The number of carbonyl (C=O) groups is 3. The fraction of sp³-hybridized carbons (Fsp3) is 0.296. The summed E-state index contributed by atoms with van der Waals surface area (Å²) >= 11 is 0.846. The Morgan fingerprint density at radius 3 is 2.10 bits per heavy atom. The van der Waals surface area contributed by atoms with Crippen LogP contribution in [0.3, 0.4) is 0 Å². The number of hydrogen-bond donors (Lipinski definition) is 2. The second kappa shape index (κ2) is 12.2. The zero-order chi connectivity index (χ0) is 28.8. The summed E-state index contributed by atoms with van der Waals surface area (Å²) in [6.45, 7) is 3.29. The molecule has 8 nitrogen and oxygen atoms in total. The summed E-state index contributed by atoms with van der Waals surface area (Å²) in [5.74, 6) is -3.57. The number of carbonyl (C=O) groups excluding carboxylic acids is 3. The molecule has 39 heavy (non-hydrogen) atoms. The van der Waals surface area contributed by atoms with Crippen LogP contribution >= 0.6 is 11.3 Å². The van der Waals surface area contributed by atoms with Crippen molar-refractivity contribution < 1.29 is 41.8 Å². The molecule has 0 aliphatic carbocycles. The van der Waals surface area contributed by atoms with Crippen LogP contribution in [0.2, 0.25) is 0 Å². The van der Waals surface area contributed by atoms with Crippen molar-refractivity contribution in [3.8, 4) is 16.9 Å². The molecule has 0 bridgehead atoms. The largest absolute Gasteiger partial charge is 0.497 e. The SMILES string of the molecule is CCOC(=O)c1c(N[C@@](NC(=O)c2ccc(OC)cc2)(C(=O)OC)C(F)(F)F)sc(CC)c1-c1ccccc1. The van der Waals surface area contributed by atoms with Gasteiger partial charge in [-0.3, -0.25) is 4.79 Å². The van der Waals surface area contributed by atoms with Gasteiger partial charge in [0.1, 0.15) is 16.3 Å². The van der Waals surface area contributed by atoms with E-state index in [4.69, 9.17) is 9.47 Å². The van der Waals surface area contributed by atoms with Crippen molar-refractivity contribution in [1.29, 1.82) is 0 Å². The first-order chi connectivity index (χ1) is 18.5. The van der Waals surface area contributed by atoms with Crippen molar-refractivity contribution in [2.24, 2.45) is 0 Å². The quantitative estimate of drug-likeness (QED) is 0.250. The molecule has 3 aromatic rings. The molecule has 1 amide bonds. The van der Waals surface area contributed by atoms with Gasteiger partial charge in [0.05, 0.1) is 20.8 Å². The molecule has 2 aromatic carbocycles. The summed E-state index contributed by atoms with van der Waals surface area (Å²) < 4.78 is 59.0. The highest BCUT2D eigenvalue weighted by molar-refractivity contribution is 7.17. The number of benzene rings is 2. The zero-order valence-corrected chi connectivity index (χ0v) is 22.4. The Kier molecular flexibility index (Phi) is 9.23. The second-order valence-electron chi connectivity index (χ2n) is 8.09. The van der Waals surface area contributed by atoms with E-state index in [0.717, 1.165) is 18.4 Å². The molecule has 1 heterocycles. The van der Waals surface area contributed by atoms with Crippen LogP contribution in [0.5, 0.6) is 5.75 Å². The minimum atomic E-state index is -5.41. The maximum absolute atomic E-state index is 14.8. The number of aryl methyl sites for hydroxylation is 1. The standard InChI is InChI=1S/C27H27F3N2O6S/c1-5-19-20(16-10-8-7-9-11-16)21(24(34)38-6-2)23(39-19)32-26(25(35)37-4,27(28,29)30)31-22(33)17-12-14-18(36-3)15-13-17/h7-15,32H,5-6H2,1-4H3,(H,31,33)/t26-/m0/s1. The number of esters is 2. The van der Waals surface area contributed by atoms with E-state index in [9.17, 15) is 27.6 Å². The van der Waals surface area contributed by atoms with E-state index in [1.165, 1.54) is 31.4 Å². The number of anilines is 1. The molecule has 1 atom stereocenters. The van der Waals surface area contributed by atoms with Gasteiger partial charge in [-0.25, -0.2) is 9.59 Å². The molecule has 208 valence electrons. The molecule has 0 fully saturated rings. The van der Waals surface area contributed by atoms with Crippen molar-refractivity contribution in [2.45, 2.75) is 32.1 Å². The van der Waals surface area contributed by atoms with Crippen LogP contribution in [-0.4, -0.2) is 50.5 Å². The average molecular weight is 565 g/mol. The highest BCUT2D eigenvalue weighted by Gasteiger charge is 2.64. The third kappa shape index (κ3) is 6.00. The monoisotopic (exact) mass is 564 g/mol. The topological polar surface area (TPSA) is 103 Å². The van der Waals surface area contributed by atoms with E-state index in [0.29, 0.717) is 28.2 Å². The summed E-state index contributed by atoms with van der Waals surface area (Å²) in [6.07, 6.45) is -5.05. The van der Waals surface area contributed by atoms with Gasteiger partial charge in [-0.15, -0.1) is 11.3 Å². The normalized spacial score (nSPS) is 12.7. The molecule has 1 aromatic heterocycles. The fourth-order valence-corrected chi connectivity index (χ4v) is 5.03. The predicted molar refractivity (Wildman–Crippen MR) is 140 cm³/mol. The molecule has 0 aliphatic heterocycles. The first kappa shape index (κ1) is 29.5. The van der Waals surface area contributed by atoms with Gasteiger partial charge >= 0.3 is 23.8 Å². The molecule has 2 N–H and O–H groups in total. The Morgan fingerprint density at radius 1 is 0.949 bits per heavy atom. The Labute approximate surface area is 227 Å². The number of hydrogen-bond acceptors (Lipinski definition) is 8. The van der Waals surface area contributed by atoms with E-state index in [1.54, 1.807) is 49.5 Å². The first-order valence-electron chi connectivity index (χ1n) is 11.8. The van der Waals surface area contributed by atoms with Crippen LogP contribution in [-0.2, 0) is 20.7 Å². The van der Waals surface area contributed by atoms with Crippen LogP contribution < -0.4 is 15.4 Å². The lowest BCUT2D eigenvalue weighted by Gasteiger charge is -2.34. The van der Waals surface area contributed by atoms with Gasteiger partial charge in [-0.1, -0.05) is 37.3 Å². The summed E-state index contributed by atoms with van der Waals surface area (Å²) in [5.41, 5.74) is -3.18. The van der Waals surface area contributed by atoms with Gasteiger partial charge in [-0.2, -0.15) is 13.2 Å². The zero-order valence-electron chi connectivity index (χ0n) is 21.6. The van der Waals surface area contributed by atoms with Crippen LogP contribution in [0.1, 0.15) is 39.4 Å². The highest BCUT2D eigenvalue weighted by Crippen LogP contribution is 2.44. The summed E-state index contributed by atoms with van der Waals surface area (Å²) in [6, 6.07) is 13.9. The molecular formula is C27H27F3N2O6S. The van der Waals surface area contributed by atoms with Gasteiger partial charge in [-0.05, 0) is 43.2 Å². The molecule has 12 heteroatoms. The summed E-state index contributed by atoms with van der Waals surface area (Å²) in [4.78, 5) is 39.5. The third-order valence-electron chi connectivity index (χ3n) is 5.72. The number of methoxy groups -OCH3 is 2. The third-order valence-corrected chi connectivity index (χ3v) is 6.96. The van der Waals surface area contributed by atoms with Crippen LogP contribution in [0.4, 0.5) is 18.2 Å². The lowest BCUT2D eigenvalue weighted by Crippen LogP contribution is -2.69. The number of amides is 1. The second-order valence-corrected chi connectivity index (χ2v) is 9.20. The van der Waals surface area contributed by atoms with Crippen LogP contribution in [0.15, 0.2) is 54.6 Å². The Morgan fingerprint density at radius 2 is 1.59 bits per heavy atom. The van der Waals surface area contributed by atoms with Crippen molar-refractivity contribution in [2.75, 3.05) is 26.1 Å². The Bertz CT molecular complexity index is 1330. The molecular weight excluding hydrogens is 537 g/mol. The number of thiophene rings is 1. The van der Waals surface area contributed by atoms with Crippen LogP contribution in [0.25, 0.3) is 11.1 Å².